The number of rotatable bonds is 13. The van der Waals surface area contributed by atoms with Gasteiger partial charge in [-0.2, -0.15) is 0 Å². The highest BCUT2D eigenvalue weighted by atomic mass is 28.4. The molecule has 0 saturated carbocycles. The van der Waals surface area contributed by atoms with Gasteiger partial charge in [0.05, 0.1) is 5.92 Å². The SMILES string of the molecule is CCC(C)[Si](CC(C)C)(CC(C)C)OC(=O)C(C)C[Si](OC)(OC)OC. The first-order valence-electron chi connectivity index (χ1n) is 9.89. The van der Waals surface area contributed by atoms with E-state index in [2.05, 4.69) is 41.5 Å². The predicted molar refractivity (Wildman–Crippen MR) is 112 cm³/mol. The highest BCUT2D eigenvalue weighted by molar-refractivity contribution is 6.76. The summed E-state index contributed by atoms with van der Waals surface area (Å²) in [6, 6.07) is 2.46. The first-order valence-corrected chi connectivity index (χ1v) is 14.2. The maximum Gasteiger partial charge on any atom is 0.501 e. The van der Waals surface area contributed by atoms with Crippen molar-refractivity contribution >= 4 is 23.1 Å². The molecule has 2 unspecified atom stereocenters. The van der Waals surface area contributed by atoms with Crippen molar-refractivity contribution in [3.8, 4) is 0 Å². The molecule has 0 fully saturated rings. The zero-order valence-electron chi connectivity index (χ0n) is 18.7. The summed E-state index contributed by atoms with van der Waals surface area (Å²) in [6.07, 6.45) is 1.04. The minimum Gasteiger partial charge on any atom is -0.519 e. The van der Waals surface area contributed by atoms with E-state index < -0.39 is 17.1 Å². The maximum atomic E-state index is 13.0. The average molecular weight is 407 g/mol. The molecule has 0 bridgehead atoms. The van der Waals surface area contributed by atoms with Gasteiger partial charge in [-0.15, -0.1) is 0 Å². The van der Waals surface area contributed by atoms with Crippen LogP contribution < -0.4 is 0 Å². The molecule has 0 spiro atoms. The first-order chi connectivity index (χ1) is 12.0. The molecule has 2 atom stereocenters. The molecule has 26 heavy (non-hydrogen) atoms. The van der Waals surface area contributed by atoms with Crippen LogP contribution in [-0.4, -0.2) is 44.4 Å². The van der Waals surface area contributed by atoms with Crippen molar-refractivity contribution in [3.63, 3.8) is 0 Å². The standard InChI is InChI=1S/C19H42O5Si2/c1-11-18(7)25(12-15(2)3,13-16(4)5)24-19(20)17(6)14-26(21-8,22-9)23-10/h15-18H,11-14H2,1-10H3. The van der Waals surface area contributed by atoms with Crippen molar-refractivity contribution in [1.29, 1.82) is 0 Å². The smallest absolute Gasteiger partial charge is 0.501 e. The minimum atomic E-state index is -2.80. The summed E-state index contributed by atoms with van der Waals surface area (Å²) in [7, 11) is -0.288. The van der Waals surface area contributed by atoms with Crippen LogP contribution in [-0.2, 0) is 22.5 Å². The molecule has 0 saturated heterocycles. The van der Waals surface area contributed by atoms with Crippen molar-refractivity contribution in [2.75, 3.05) is 21.3 Å². The molecular formula is C19H42O5Si2. The van der Waals surface area contributed by atoms with Crippen LogP contribution in [0.1, 0.15) is 54.9 Å². The Kier molecular flexibility index (Phi) is 11.5. The zero-order valence-corrected chi connectivity index (χ0v) is 20.7. The molecule has 0 aliphatic heterocycles. The maximum absolute atomic E-state index is 13.0. The Balaban J connectivity index is 5.49. The van der Waals surface area contributed by atoms with Gasteiger partial charge in [0.2, 0.25) is 0 Å². The summed E-state index contributed by atoms with van der Waals surface area (Å²) in [5.74, 6) is 0.601. The molecule has 0 N–H and O–H groups in total. The largest absolute Gasteiger partial charge is 0.519 e. The summed E-state index contributed by atoms with van der Waals surface area (Å²) >= 11 is 0. The molecule has 0 aliphatic rings. The second-order valence-corrected chi connectivity index (χ2v) is 15.5. The van der Waals surface area contributed by atoms with E-state index in [1.165, 1.54) is 0 Å². The molecular weight excluding hydrogens is 364 g/mol. The fraction of sp³-hybridized carbons (Fsp3) is 0.947. The average Bonchev–Trinajstić information content (AvgIpc) is 2.57. The first kappa shape index (κ1) is 25.8. The van der Waals surface area contributed by atoms with E-state index in [-0.39, 0.29) is 11.9 Å². The Hall–Kier alpha value is -0.216. The second-order valence-electron chi connectivity index (χ2n) is 8.39. The molecule has 0 radical (unpaired) electrons. The Bertz CT molecular complexity index is 392. The van der Waals surface area contributed by atoms with Gasteiger partial charge in [0.25, 0.3) is 14.3 Å². The Morgan fingerprint density at radius 3 is 1.54 bits per heavy atom. The lowest BCUT2D eigenvalue weighted by molar-refractivity contribution is -0.139. The summed E-state index contributed by atoms with van der Waals surface area (Å²) < 4.78 is 22.9. The van der Waals surface area contributed by atoms with E-state index in [1.54, 1.807) is 21.3 Å². The number of carbonyl (C=O) groups is 1. The lowest BCUT2D eigenvalue weighted by Gasteiger charge is -2.39. The zero-order chi connectivity index (χ0) is 20.5. The van der Waals surface area contributed by atoms with E-state index >= 15 is 0 Å². The second kappa shape index (κ2) is 11.6. The Morgan fingerprint density at radius 1 is 0.808 bits per heavy atom. The Morgan fingerprint density at radius 2 is 1.23 bits per heavy atom. The predicted octanol–water partition coefficient (Wildman–Crippen LogP) is 5.10. The molecule has 156 valence electrons. The molecule has 0 rings (SSSR count). The van der Waals surface area contributed by atoms with E-state index in [0.29, 0.717) is 23.4 Å². The highest BCUT2D eigenvalue weighted by Crippen LogP contribution is 2.39. The molecule has 0 aromatic carbocycles. The van der Waals surface area contributed by atoms with Crippen LogP contribution in [0.25, 0.3) is 0 Å². The molecule has 0 heterocycles. The van der Waals surface area contributed by atoms with Crippen LogP contribution in [0.15, 0.2) is 0 Å². The third-order valence-corrected chi connectivity index (χ3v) is 14.0. The molecule has 0 amide bonds. The monoisotopic (exact) mass is 406 g/mol. The van der Waals surface area contributed by atoms with E-state index in [1.807, 2.05) is 6.92 Å². The van der Waals surface area contributed by atoms with Gasteiger partial charge in [0.1, 0.15) is 0 Å². The molecule has 0 aromatic rings. The summed E-state index contributed by atoms with van der Waals surface area (Å²) in [6.45, 7) is 15.2. The minimum absolute atomic E-state index is 0.124. The fourth-order valence-corrected chi connectivity index (χ4v) is 11.0. The Labute approximate surface area is 163 Å². The molecule has 0 aliphatic carbocycles. The summed E-state index contributed by atoms with van der Waals surface area (Å²) in [5.41, 5.74) is 0.442. The van der Waals surface area contributed by atoms with Crippen LogP contribution in [0.3, 0.4) is 0 Å². The van der Waals surface area contributed by atoms with Crippen LogP contribution in [0.4, 0.5) is 0 Å². The van der Waals surface area contributed by atoms with E-state index in [4.69, 9.17) is 17.7 Å². The lowest BCUT2D eigenvalue weighted by Crippen LogP contribution is -2.49. The van der Waals surface area contributed by atoms with Crippen LogP contribution in [0.5, 0.6) is 0 Å². The highest BCUT2D eigenvalue weighted by Gasteiger charge is 2.47. The number of carbonyl (C=O) groups excluding carboxylic acids is 1. The van der Waals surface area contributed by atoms with Gasteiger partial charge in [-0.3, -0.25) is 4.79 Å². The normalized spacial score (nSPS) is 15.4. The van der Waals surface area contributed by atoms with Crippen molar-refractivity contribution in [2.45, 2.75) is 78.6 Å². The van der Waals surface area contributed by atoms with E-state index in [9.17, 15) is 4.79 Å². The van der Waals surface area contributed by atoms with Crippen molar-refractivity contribution < 1.29 is 22.5 Å². The van der Waals surface area contributed by atoms with Crippen LogP contribution in [0, 0.1) is 17.8 Å². The van der Waals surface area contributed by atoms with Crippen LogP contribution in [0.2, 0.25) is 23.7 Å². The molecule has 0 aromatic heterocycles. The van der Waals surface area contributed by atoms with Gasteiger partial charge < -0.3 is 17.7 Å². The molecule has 5 nitrogen and oxygen atoms in total. The van der Waals surface area contributed by atoms with Crippen molar-refractivity contribution in [2.24, 2.45) is 17.8 Å². The van der Waals surface area contributed by atoms with Gasteiger partial charge in [0, 0.05) is 27.4 Å². The van der Waals surface area contributed by atoms with Gasteiger partial charge in [0.15, 0.2) is 0 Å². The molecule has 7 heteroatoms. The summed E-state index contributed by atoms with van der Waals surface area (Å²) in [5, 5.41) is 0. The van der Waals surface area contributed by atoms with Gasteiger partial charge in [-0.25, -0.2) is 0 Å². The third kappa shape index (κ3) is 7.42. The fourth-order valence-electron chi connectivity index (χ4n) is 3.68. The van der Waals surface area contributed by atoms with Crippen LogP contribution >= 0.6 is 0 Å². The van der Waals surface area contributed by atoms with Gasteiger partial charge in [-0.05, 0) is 29.5 Å². The van der Waals surface area contributed by atoms with E-state index in [0.717, 1.165) is 18.5 Å². The third-order valence-electron chi connectivity index (χ3n) is 5.21. The van der Waals surface area contributed by atoms with Crippen molar-refractivity contribution in [1.82, 2.24) is 0 Å². The quantitative estimate of drug-likeness (QED) is 0.398. The number of hydrogen-bond donors (Lipinski definition) is 0. The lowest BCUT2D eigenvalue weighted by atomic mass is 10.2. The van der Waals surface area contributed by atoms with Gasteiger partial charge >= 0.3 is 8.80 Å². The topological polar surface area (TPSA) is 54.0 Å². The number of hydrogen-bond acceptors (Lipinski definition) is 5. The van der Waals surface area contributed by atoms with Crippen molar-refractivity contribution in [3.05, 3.63) is 0 Å². The van der Waals surface area contributed by atoms with Gasteiger partial charge in [-0.1, -0.05) is 54.9 Å². The summed E-state index contributed by atoms with van der Waals surface area (Å²) in [4.78, 5) is 13.0.